The fourth-order valence-electron chi connectivity index (χ4n) is 2.71. The molecule has 1 amide bonds. The molecule has 0 aromatic rings. The Bertz CT molecular complexity index is 360. The van der Waals surface area contributed by atoms with Gasteiger partial charge in [0.15, 0.2) is 0 Å². The summed E-state index contributed by atoms with van der Waals surface area (Å²) in [6, 6.07) is -0.811. The van der Waals surface area contributed by atoms with Crippen molar-refractivity contribution >= 4 is 11.9 Å². The summed E-state index contributed by atoms with van der Waals surface area (Å²) >= 11 is 0. The molecule has 19 heavy (non-hydrogen) atoms. The Kier molecular flexibility index (Phi) is 5.58. The molecule has 4 heteroatoms. The predicted molar refractivity (Wildman–Crippen MR) is 74.7 cm³/mol. The van der Waals surface area contributed by atoms with E-state index in [1.165, 1.54) is 0 Å². The van der Waals surface area contributed by atoms with E-state index in [4.69, 9.17) is 5.11 Å². The Morgan fingerprint density at radius 3 is 2.68 bits per heavy atom. The van der Waals surface area contributed by atoms with E-state index < -0.39 is 12.0 Å². The van der Waals surface area contributed by atoms with Crippen LogP contribution in [-0.2, 0) is 9.59 Å². The molecule has 1 fully saturated rings. The van der Waals surface area contributed by atoms with Crippen LogP contribution in [0.1, 0.15) is 52.9 Å². The highest BCUT2D eigenvalue weighted by Crippen LogP contribution is 2.38. The van der Waals surface area contributed by atoms with Crippen molar-refractivity contribution in [2.75, 3.05) is 0 Å². The lowest BCUT2D eigenvalue weighted by Gasteiger charge is -2.34. The van der Waals surface area contributed by atoms with Gasteiger partial charge in [-0.05, 0) is 38.0 Å². The van der Waals surface area contributed by atoms with Crippen molar-refractivity contribution in [1.82, 2.24) is 5.32 Å². The maximum Gasteiger partial charge on any atom is 0.326 e. The number of carboxylic acids is 1. The molecule has 0 spiro atoms. The Balaban J connectivity index is 2.58. The van der Waals surface area contributed by atoms with Crippen LogP contribution >= 0.6 is 0 Å². The number of carboxylic acid groups (broad SMARTS) is 1. The SMILES string of the molecule is C/C=C/CC(NC(=O)C1CCCC(C)(C)C1)C(=O)O. The first-order valence-electron chi connectivity index (χ1n) is 7.00. The van der Waals surface area contributed by atoms with E-state index in [2.05, 4.69) is 19.2 Å². The third kappa shape index (κ3) is 5.05. The lowest BCUT2D eigenvalue weighted by Crippen LogP contribution is -2.45. The van der Waals surface area contributed by atoms with Crippen LogP contribution in [0.3, 0.4) is 0 Å². The van der Waals surface area contributed by atoms with Crippen LogP contribution in [0.15, 0.2) is 12.2 Å². The zero-order chi connectivity index (χ0) is 14.5. The lowest BCUT2D eigenvalue weighted by atomic mass is 9.72. The molecule has 2 atom stereocenters. The van der Waals surface area contributed by atoms with E-state index in [-0.39, 0.29) is 17.2 Å². The highest BCUT2D eigenvalue weighted by Gasteiger charge is 2.33. The number of carbonyl (C=O) groups is 2. The summed E-state index contributed by atoms with van der Waals surface area (Å²) in [5.41, 5.74) is 0.183. The average Bonchev–Trinajstić information content (AvgIpc) is 2.32. The molecule has 2 unspecified atom stereocenters. The normalized spacial score (nSPS) is 24.1. The van der Waals surface area contributed by atoms with Crippen LogP contribution in [0.5, 0.6) is 0 Å². The molecule has 0 radical (unpaired) electrons. The number of amides is 1. The highest BCUT2D eigenvalue weighted by atomic mass is 16.4. The van der Waals surface area contributed by atoms with Crippen LogP contribution in [0, 0.1) is 11.3 Å². The Hall–Kier alpha value is -1.32. The quantitative estimate of drug-likeness (QED) is 0.753. The van der Waals surface area contributed by atoms with Crippen molar-refractivity contribution in [3.63, 3.8) is 0 Å². The van der Waals surface area contributed by atoms with Crippen molar-refractivity contribution in [3.05, 3.63) is 12.2 Å². The summed E-state index contributed by atoms with van der Waals surface area (Å²) in [5.74, 6) is -1.12. The van der Waals surface area contributed by atoms with Crippen molar-refractivity contribution in [2.45, 2.75) is 58.9 Å². The predicted octanol–water partition coefficient (Wildman–Crippen LogP) is 2.74. The second kappa shape index (κ2) is 6.73. The van der Waals surface area contributed by atoms with Gasteiger partial charge in [-0.3, -0.25) is 4.79 Å². The smallest absolute Gasteiger partial charge is 0.326 e. The van der Waals surface area contributed by atoms with Gasteiger partial charge in [0.2, 0.25) is 5.91 Å². The third-order valence-electron chi connectivity index (χ3n) is 3.80. The maximum absolute atomic E-state index is 12.2. The van der Waals surface area contributed by atoms with Crippen LogP contribution in [0.4, 0.5) is 0 Å². The maximum atomic E-state index is 12.2. The van der Waals surface area contributed by atoms with Gasteiger partial charge in [-0.25, -0.2) is 4.79 Å². The first-order valence-corrected chi connectivity index (χ1v) is 7.00. The second-order valence-electron chi connectivity index (χ2n) is 6.16. The first-order chi connectivity index (χ1) is 8.85. The van der Waals surface area contributed by atoms with Gasteiger partial charge in [0.05, 0.1) is 0 Å². The summed E-state index contributed by atoms with van der Waals surface area (Å²) in [4.78, 5) is 23.3. The fourth-order valence-corrected chi connectivity index (χ4v) is 2.71. The van der Waals surface area contributed by atoms with E-state index in [0.29, 0.717) is 6.42 Å². The summed E-state index contributed by atoms with van der Waals surface area (Å²) in [6.45, 7) is 6.17. The molecule has 0 heterocycles. The van der Waals surface area contributed by atoms with Crippen molar-refractivity contribution in [1.29, 1.82) is 0 Å². The van der Waals surface area contributed by atoms with Gasteiger partial charge >= 0.3 is 5.97 Å². The molecule has 0 bridgehead atoms. The molecule has 1 aliphatic carbocycles. The van der Waals surface area contributed by atoms with Gasteiger partial charge < -0.3 is 10.4 Å². The number of carbonyl (C=O) groups excluding carboxylic acids is 1. The number of rotatable bonds is 5. The monoisotopic (exact) mass is 267 g/mol. The molecule has 0 aromatic heterocycles. The minimum atomic E-state index is -0.971. The zero-order valence-electron chi connectivity index (χ0n) is 12.1. The summed E-state index contributed by atoms with van der Waals surface area (Å²) in [5, 5.41) is 11.8. The first kappa shape index (κ1) is 15.7. The van der Waals surface area contributed by atoms with Gasteiger partial charge in [-0.1, -0.05) is 32.4 Å². The van der Waals surface area contributed by atoms with Gasteiger partial charge in [0.1, 0.15) is 6.04 Å². The van der Waals surface area contributed by atoms with Crippen molar-refractivity contribution < 1.29 is 14.7 Å². The number of aliphatic carboxylic acids is 1. The molecule has 1 rings (SSSR count). The lowest BCUT2D eigenvalue weighted by molar-refractivity contribution is -0.142. The van der Waals surface area contributed by atoms with Gasteiger partial charge in [0, 0.05) is 5.92 Å². The topological polar surface area (TPSA) is 66.4 Å². The number of hydrogen-bond donors (Lipinski definition) is 2. The Labute approximate surface area is 115 Å². The average molecular weight is 267 g/mol. The number of hydrogen-bond acceptors (Lipinski definition) is 2. The second-order valence-corrected chi connectivity index (χ2v) is 6.16. The van der Waals surface area contributed by atoms with Gasteiger partial charge in [-0.15, -0.1) is 0 Å². The number of allylic oxidation sites excluding steroid dienone is 1. The Morgan fingerprint density at radius 2 is 2.16 bits per heavy atom. The number of nitrogens with one attached hydrogen (secondary N) is 1. The van der Waals surface area contributed by atoms with E-state index in [9.17, 15) is 9.59 Å². The van der Waals surface area contributed by atoms with Crippen LogP contribution in [-0.4, -0.2) is 23.0 Å². The summed E-state index contributed by atoms with van der Waals surface area (Å²) < 4.78 is 0. The van der Waals surface area contributed by atoms with Crippen LogP contribution < -0.4 is 5.32 Å². The van der Waals surface area contributed by atoms with Crippen LogP contribution in [0.25, 0.3) is 0 Å². The molecule has 2 N–H and O–H groups in total. The minimum absolute atomic E-state index is 0.0452. The standard InChI is InChI=1S/C15H25NO3/c1-4-5-8-12(14(18)19)16-13(17)11-7-6-9-15(2,3)10-11/h4-5,11-12H,6-10H2,1-3H3,(H,16,17)(H,18,19)/b5-4+. The zero-order valence-corrected chi connectivity index (χ0v) is 12.1. The Morgan fingerprint density at radius 1 is 1.47 bits per heavy atom. The summed E-state index contributed by atoms with van der Waals surface area (Å²) in [6.07, 6.45) is 7.79. The molecule has 0 aromatic carbocycles. The fraction of sp³-hybridized carbons (Fsp3) is 0.733. The molecular formula is C15H25NO3. The minimum Gasteiger partial charge on any atom is -0.480 e. The van der Waals surface area contributed by atoms with Gasteiger partial charge in [0.25, 0.3) is 0 Å². The van der Waals surface area contributed by atoms with E-state index >= 15 is 0 Å². The van der Waals surface area contributed by atoms with Crippen molar-refractivity contribution in [3.8, 4) is 0 Å². The summed E-state index contributed by atoms with van der Waals surface area (Å²) in [7, 11) is 0. The molecule has 4 nitrogen and oxygen atoms in total. The highest BCUT2D eigenvalue weighted by molar-refractivity contribution is 5.85. The molecular weight excluding hydrogens is 242 g/mol. The van der Waals surface area contributed by atoms with Gasteiger partial charge in [-0.2, -0.15) is 0 Å². The largest absolute Gasteiger partial charge is 0.480 e. The molecule has 1 saturated carbocycles. The van der Waals surface area contributed by atoms with E-state index in [1.807, 2.05) is 6.92 Å². The van der Waals surface area contributed by atoms with E-state index in [1.54, 1.807) is 12.2 Å². The molecule has 0 saturated heterocycles. The molecule has 0 aliphatic heterocycles. The molecule has 108 valence electrons. The molecule has 1 aliphatic rings. The van der Waals surface area contributed by atoms with Crippen LogP contribution in [0.2, 0.25) is 0 Å². The van der Waals surface area contributed by atoms with Crippen molar-refractivity contribution in [2.24, 2.45) is 11.3 Å². The third-order valence-corrected chi connectivity index (χ3v) is 3.80. The van der Waals surface area contributed by atoms with E-state index in [0.717, 1.165) is 25.7 Å².